The molecule has 2 atom stereocenters. The van der Waals surface area contributed by atoms with Crippen LogP contribution >= 0.6 is 0 Å². The van der Waals surface area contributed by atoms with Crippen LogP contribution in [-0.4, -0.2) is 41.4 Å². The van der Waals surface area contributed by atoms with E-state index in [-0.39, 0.29) is 12.1 Å². The number of nitrogens with one attached hydrogen (secondary N) is 2. The molecule has 0 radical (unpaired) electrons. The van der Waals surface area contributed by atoms with Gasteiger partial charge < -0.3 is 0 Å². The lowest BCUT2D eigenvalue weighted by Crippen LogP contribution is -2.52. The van der Waals surface area contributed by atoms with E-state index in [1.165, 1.54) is 0 Å². The van der Waals surface area contributed by atoms with E-state index in [0.29, 0.717) is 12.8 Å². The number of sulfonamides is 2. The molecule has 0 heterocycles. The predicted octanol–water partition coefficient (Wildman–Crippen LogP) is -0.604. The summed E-state index contributed by atoms with van der Waals surface area (Å²) in [6.45, 7) is 0. The molecule has 0 saturated heterocycles. The van der Waals surface area contributed by atoms with Crippen molar-refractivity contribution in [3.05, 3.63) is 0 Å². The molecule has 0 aromatic carbocycles. The Kier molecular flexibility index (Phi) is 4.33. The van der Waals surface area contributed by atoms with Gasteiger partial charge in [0.2, 0.25) is 20.0 Å². The third kappa shape index (κ3) is 5.24. The van der Waals surface area contributed by atoms with E-state index in [1.807, 2.05) is 0 Å². The van der Waals surface area contributed by atoms with Crippen LogP contribution in [0.1, 0.15) is 25.7 Å². The topological polar surface area (TPSA) is 92.3 Å². The number of hydrogen-bond donors (Lipinski definition) is 2. The SMILES string of the molecule is CS(=O)(=O)NC1CCCCC1NS(C)(=O)=O. The lowest BCUT2D eigenvalue weighted by molar-refractivity contribution is 0.341. The zero-order valence-corrected chi connectivity index (χ0v) is 11.1. The van der Waals surface area contributed by atoms with Gasteiger partial charge in [-0.05, 0) is 12.8 Å². The van der Waals surface area contributed by atoms with Crippen LogP contribution < -0.4 is 9.44 Å². The van der Waals surface area contributed by atoms with Gasteiger partial charge in [0, 0.05) is 12.1 Å². The average Bonchev–Trinajstić information content (AvgIpc) is 2.03. The van der Waals surface area contributed by atoms with Gasteiger partial charge in [-0.3, -0.25) is 0 Å². The lowest BCUT2D eigenvalue weighted by atomic mass is 9.92. The highest BCUT2D eigenvalue weighted by Gasteiger charge is 2.29. The van der Waals surface area contributed by atoms with Gasteiger partial charge in [-0.25, -0.2) is 26.3 Å². The van der Waals surface area contributed by atoms with Crippen molar-refractivity contribution in [1.29, 1.82) is 0 Å². The highest BCUT2D eigenvalue weighted by Crippen LogP contribution is 2.19. The molecule has 96 valence electrons. The van der Waals surface area contributed by atoms with Crippen molar-refractivity contribution >= 4 is 20.0 Å². The van der Waals surface area contributed by atoms with E-state index in [1.54, 1.807) is 0 Å². The number of hydrogen-bond acceptors (Lipinski definition) is 4. The van der Waals surface area contributed by atoms with Crippen LogP contribution in [0.15, 0.2) is 0 Å². The van der Waals surface area contributed by atoms with Gasteiger partial charge in [0.05, 0.1) is 12.5 Å². The molecule has 1 saturated carbocycles. The second-order valence-electron chi connectivity index (χ2n) is 4.28. The van der Waals surface area contributed by atoms with Crippen molar-refractivity contribution in [3.8, 4) is 0 Å². The highest BCUT2D eigenvalue weighted by molar-refractivity contribution is 7.89. The summed E-state index contributed by atoms with van der Waals surface area (Å²) in [4.78, 5) is 0. The smallest absolute Gasteiger partial charge is 0.209 e. The van der Waals surface area contributed by atoms with E-state index >= 15 is 0 Å². The van der Waals surface area contributed by atoms with Gasteiger partial charge in [-0.15, -0.1) is 0 Å². The van der Waals surface area contributed by atoms with Crippen LogP contribution in [0.4, 0.5) is 0 Å². The third-order valence-electron chi connectivity index (χ3n) is 2.50. The van der Waals surface area contributed by atoms with Gasteiger partial charge in [0.1, 0.15) is 0 Å². The Bertz CT molecular complexity index is 387. The zero-order chi connectivity index (χ0) is 12.4. The summed E-state index contributed by atoms with van der Waals surface area (Å²) in [5.74, 6) is 0. The summed E-state index contributed by atoms with van der Waals surface area (Å²) in [5.41, 5.74) is 0. The van der Waals surface area contributed by atoms with Gasteiger partial charge in [-0.1, -0.05) is 12.8 Å². The molecule has 1 rings (SSSR count). The lowest BCUT2D eigenvalue weighted by Gasteiger charge is -2.31. The molecular formula is C8H18N2O4S2. The summed E-state index contributed by atoms with van der Waals surface area (Å²) in [6, 6.07) is -0.669. The fraction of sp³-hybridized carbons (Fsp3) is 1.00. The summed E-state index contributed by atoms with van der Waals surface area (Å²) in [5, 5.41) is 0. The van der Waals surface area contributed by atoms with Crippen molar-refractivity contribution in [2.45, 2.75) is 37.8 Å². The van der Waals surface area contributed by atoms with Crippen molar-refractivity contribution in [2.75, 3.05) is 12.5 Å². The molecule has 0 aromatic rings. The third-order valence-corrected chi connectivity index (χ3v) is 3.96. The Balaban J connectivity index is 2.72. The average molecular weight is 270 g/mol. The first-order valence-electron chi connectivity index (χ1n) is 5.12. The first-order valence-corrected chi connectivity index (χ1v) is 8.90. The van der Waals surface area contributed by atoms with Crippen molar-refractivity contribution in [1.82, 2.24) is 9.44 Å². The fourth-order valence-corrected chi connectivity index (χ4v) is 3.63. The van der Waals surface area contributed by atoms with Crippen molar-refractivity contribution in [3.63, 3.8) is 0 Å². The molecule has 2 unspecified atom stereocenters. The van der Waals surface area contributed by atoms with Crippen LogP contribution in [-0.2, 0) is 20.0 Å². The molecule has 0 spiro atoms. The monoisotopic (exact) mass is 270 g/mol. The van der Waals surface area contributed by atoms with Crippen LogP contribution in [0.2, 0.25) is 0 Å². The molecule has 0 aliphatic heterocycles. The van der Waals surface area contributed by atoms with Crippen molar-refractivity contribution < 1.29 is 16.8 Å². The minimum atomic E-state index is -3.30. The molecule has 0 aromatic heterocycles. The van der Waals surface area contributed by atoms with Gasteiger partial charge in [-0.2, -0.15) is 0 Å². The van der Waals surface area contributed by atoms with E-state index in [2.05, 4.69) is 9.44 Å². The van der Waals surface area contributed by atoms with Gasteiger partial charge in [0.25, 0.3) is 0 Å². The van der Waals surface area contributed by atoms with Gasteiger partial charge >= 0.3 is 0 Å². The molecule has 0 bridgehead atoms. The van der Waals surface area contributed by atoms with Crippen LogP contribution in [0.5, 0.6) is 0 Å². The molecule has 1 fully saturated rings. The largest absolute Gasteiger partial charge is 0.213 e. The number of rotatable bonds is 4. The second kappa shape index (κ2) is 4.99. The molecule has 6 nitrogen and oxygen atoms in total. The first-order chi connectivity index (χ1) is 7.17. The quantitative estimate of drug-likeness (QED) is 0.713. The first kappa shape index (κ1) is 13.9. The van der Waals surface area contributed by atoms with E-state index in [4.69, 9.17) is 0 Å². The highest BCUT2D eigenvalue weighted by atomic mass is 32.2. The maximum atomic E-state index is 11.1. The Morgan fingerprint density at radius 2 is 1.12 bits per heavy atom. The summed E-state index contributed by atoms with van der Waals surface area (Å²) < 4.78 is 49.4. The minimum absolute atomic E-state index is 0.335. The van der Waals surface area contributed by atoms with Gasteiger partial charge in [0.15, 0.2) is 0 Å². The van der Waals surface area contributed by atoms with Crippen LogP contribution in [0.25, 0.3) is 0 Å². The standard InChI is InChI=1S/C8H18N2O4S2/c1-15(11,12)9-7-5-3-4-6-8(7)10-16(2,13)14/h7-10H,3-6H2,1-2H3. The summed E-state index contributed by atoms with van der Waals surface area (Å²) in [6.07, 6.45) is 5.32. The molecule has 1 aliphatic carbocycles. The minimum Gasteiger partial charge on any atom is -0.213 e. The maximum Gasteiger partial charge on any atom is 0.209 e. The van der Waals surface area contributed by atoms with E-state index in [9.17, 15) is 16.8 Å². The molecule has 8 heteroatoms. The predicted molar refractivity (Wildman–Crippen MR) is 62.0 cm³/mol. The van der Waals surface area contributed by atoms with E-state index in [0.717, 1.165) is 25.4 Å². The van der Waals surface area contributed by atoms with Crippen molar-refractivity contribution in [2.24, 2.45) is 0 Å². The maximum absolute atomic E-state index is 11.1. The summed E-state index contributed by atoms with van der Waals surface area (Å²) >= 11 is 0. The molecular weight excluding hydrogens is 252 g/mol. The van der Waals surface area contributed by atoms with Crippen LogP contribution in [0.3, 0.4) is 0 Å². The Morgan fingerprint density at radius 3 is 1.38 bits per heavy atom. The zero-order valence-electron chi connectivity index (χ0n) is 9.43. The Hall–Kier alpha value is -0.180. The second-order valence-corrected chi connectivity index (χ2v) is 7.84. The molecule has 1 aliphatic rings. The molecule has 16 heavy (non-hydrogen) atoms. The Morgan fingerprint density at radius 1 is 0.812 bits per heavy atom. The normalized spacial score (nSPS) is 27.9. The Labute approximate surface area is 96.9 Å². The molecule has 2 N–H and O–H groups in total. The van der Waals surface area contributed by atoms with E-state index < -0.39 is 20.0 Å². The fourth-order valence-electron chi connectivity index (χ4n) is 1.96. The summed E-state index contributed by atoms with van der Waals surface area (Å²) in [7, 11) is -6.59. The van der Waals surface area contributed by atoms with Crippen LogP contribution in [0, 0.1) is 0 Å². The molecule has 0 amide bonds.